The van der Waals surface area contributed by atoms with Crippen molar-refractivity contribution < 1.29 is 4.74 Å². The fourth-order valence-corrected chi connectivity index (χ4v) is 3.10. The highest BCUT2D eigenvalue weighted by Crippen LogP contribution is 2.29. The van der Waals surface area contributed by atoms with Gasteiger partial charge in [0.2, 0.25) is 0 Å². The van der Waals surface area contributed by atoms with Crippen LogP contribution in [0.2, 0.25) is 0 Å². The molecule has 0 aliphatic carbocycles. The number of rotatable bonds is 5. The minimum absolute atomic E-state index is 0.351. The Kier molecular flexibility index (Phi) is 6.06. The van der Waals surface area contributed by atoms with Gasteiger partial charge in [0.15, 0.2) is 0 Å². The average molecular weight is 280 g/mol. The quantitative estimate of drug-likeness (QED) is 0.619. The van der Waals surface area contributed by atoms with Crippen molar-refractivity contribution >= 4 is 0 Å². The fourth-order valence-electron chi connectivity index (χ4n) is 3.10. The molecule has 0 spiro atoms. The highest BCUT2D eigenvalue weighted by molar-refractivity contribution is 5.14. The standard InChI is InChI=1S/C17H32N2O/c1-17(2,3)15-7-12-19(13-8-15)11-4-14-20-16-5-9-18-10-6-16/h7,16,18H,4-6,8-14H2,1-3H3. The van der Waals surface area contributed by atoms with Crippen LogP contribution in [0.25, 0.3) is 0 Å². The predicted octanol–water partition coefficient (Wildman–Crippen LogP) is 2.82. The van der Waals surface area contributed by atoms with Gasteiger partial charge in [-0.2, -0.15) is 0 Å². The third-order valence-electron chi connectivity index (χ3n) is 4.52. The molecule has 1 N–H and O–H groups in total. The number of hydrogen-bond acceptors (Lipinski definition) is 3. The third-order valence-corrected chi connectivity index (χ3v) is 4.52. The van der Waals surface area contributed by atoms with Crippen molar-refractivity contribution in [3.8, 4) is 0 Å². The molecule has 3 nitrogen and oxygen atoms in total. The monoisotopic (exact) mass is 280 g/mol. The maximum atomic E-state index is 5.97. The molecule has 0 radical (unpaired) electrons. The molecule has 0 saturated carbocycles. The van der Waals surface area contributed by atoms with E-state index < -0.39 is 0 Å². The summed E-state index contributed by atoms with van der Waals surface area (Å²) in [7, 11) is 0. The van der Waals surface area contributed by atoms with Gasteiger partial charge in [-0.1, -0.05) is 32.4 Å². The molecule has 3 heteroatoms. The number of ether oxygens (including phenoxy) is 1. The van der Waals surface area contributed by atoms with Crippen LogP contribution in [0.1, 0.15) is 46.5 Å². The molecule has 2 heterocycles. The predicted molar refractivity (Wildman–Crippen MR) is 85.1 cm³/mol. The zero-order chi connectivity index (χ0) is 14.4. The van der Waals surface area contributed by atoms with E-state index in [4.69, 9.17) is 4.74 Å². The number of piperidine rings is 1. The lowest BCUT2D eigenvalue weighted by Gasteiger charge is -2.32. The molecule has 0 aromatic rings. The van der Waals surface area contributed by atoms with E-state index in [0.29, 0.717) is 11.5 Å². The van der Waals surface area contributed by atoms with Crippen molar-refractivity contribution in [3.63, 3.8) is 0 Å². The molecular weight excluding hydrogens is 248 g/mol. The Morgan fingerprint density at radius 1 is 1.30 bits per heavy atom. The molecule has 0 amide bonds. The van der Waals surface area contributed by atoms with E-state index in [-0.39, 0.29) is 0 Å². The molecule has 0 unspecified atom stereocenters. The van der Waals surface area contributed by atoms with Gasteiger partial charge in [-0.3, -0.25) is 4.90 Å². The molecule has 0 bridgehead atoms. The molecule has 0 aromatic heterocycles. The molecule has 116 valence electrons. The van der Waals surface area contributed by atoms with Crippen LogP contribution in [0, 0.1) is 5.41 Å². The molecule has 2 rings (SSSR count). The Hall–Kier alpha value is -0.380. The summed E-state index contributed by atoms with van der Waals surface area (Å²) in [6.07, 6.45) is 7.71. The van der Waals surface area contributed by atoms with Crippen molar-refractivity contribution in [2.75, 3.05) is 39.3 Å². The Morgan fingerprint density at radius 3 is 2.65 bits per heavy atom. The van der Waals surface area contributed by atoms with Crippen LogP contribution in [0.3, 0.4) is 0 Å². The van der Waals surface area contributed by atoms with E-state index in [0.717, 1.165) is 26.2 Å². The van der Waals surface area contributed by atoms with Crippen molar-refractivity contribution in [3.05, 3.63) is 11.6 Å². The van der Waals surface area contributed by atoms with Crippen LogP contribution < -0.4 is 5.32 Å². The number of hydrogen-bond donors (Lipinski definition) is 1. The maximum Gasteiger partial charge on any atom is 0.0599 e. The lowest BCUT2D eigenvalue weighted by molar-refractivity contribution is 0.0280. The van der Waals surface area contributed by atoms with Gasteiger partial charge >= 0.3 is 0 Å². The van der Waals surface area contributed by atoms with E-state index in [1.165, 1.54) is 38.8 Å². The second-order valence-electron chi connectivity index (χ2n) is 7.20. The van der Waals surface area contributed by atoms with E-state index in [1.807, 2.05) is 0 Å². The molecule has 2 aliphatic heterocycles. The Bertz CT molecular complexity index is 313. The summed E-state index contributed by atoms with van der Waals surface area (Å²) >= 11 is 0. The smallest absolute Gasteiger partial charge is 0.0599 e. The van der Waals surface area contributed by atoms with Crippen molar-refractivity contribution in [1.29, 1.82) is 0 Å². The van der Waals surface area contributed by atoms with Crippen molar-refractivity contribution in [2.24, 2.45) is 5.41 Å². The van der Waals surface area contributed by atoms with Gasteiger partial charge in [0.25, 0.3) is 0 Å². The summed E-state index contributed by atoms with van der Waals surface area (Å²) < 4.78 is 5.97. The first-order valence-electron chi connectivity index (χ1n) is 8.30. The largest absolute Gasteiger partial charge is 0.378 e. The molecule has 1 fully saturated rings. The van der Waals surface area contributed by atoms with Crippen molar-refractivity contribution in [1.82, 2.24) is 10.2 Å². The summed E-state index contributed by atoms with van der Waals surface area (Å²) in [6, 6.07) is 0. The van der Waals surface area contributed by atoms with Crippen LogP contribution in [0.15, 0.2) is 11.6 Å². The lowest BCUT2D eigenvalue weighted by atomic mass is 9.83. The normalized spacial score (nSPS) is 22.9. The zero-order valence-electron chi connectivity index (χ0n) is 13.6. The minimum Gasteiger partial charge on any atom is -0.378 e. The molecule has 20 heavy (non-hydrogen) atoms. The van der Waals surface area contributed by atoms with Crippen LogP contribution in [0.5, 0.6) is 0 Å². The summed E-state index contributed by atoms with van der Waals surface area (Å²) in [5.74, 6) is 0. The maximum absolute atomic E-state index is 5.97. The van der Waals surface area contributed by atoms with E-state index >= 15 is 0 Å². The van der Waals surface area contributed by atoms with Gasteiger partial charge in [0.05, 0.1) is 6.10 Å². The van der Waals surface area contributed by atoms with Gasteiger partial charge in [-0.05, 0) is 44.2 Å². The first-order chi connectivity index (χ1) is 9.55. The molecule has 1 saturated heterocycles. The average Bonchev–Trinajstić information content (AvgIpc) is 2.44. The second-order valence-corrected chi connectivity index (χ2v) is 7.20. The topological polar surface area (TPSA) is 24.5 Å². The molecule has 2 aliphatic rings. The van der Waals surface area contributed by atoms with Crippen molar-refractivity contribution in [2.45, 2.75) is 52.6 Å². The fraction of sp³-hybridized carbons (Fsp3) is 0.882. The minimum atomic E-state index is 0.351. The van der Waals surface area contributed by atoms with Crippen LogP contribution >= 0.6 is 0 Å². The number of nitrogens with one attached hydrogen (secondary N) is 1. The Labute approximate surface area is 124 Å². The van der Waals surface area contributed by atoms with E-state index in [9.17, 15) is 0 Å². The van der Waals surface area contributed by atoms with E-state index in [2.05, 4.69) is 37.1 Å². The van der Waals surface area contributed by atoms with Gasteiger partial charge in [-0.25, -0.2) is 0 Å². The van der Waals surface area contributed by atoms with Gasteiger partial charge in [0, 0.05) is 26.2 Å². The highest BCUT2D eigenvalue weighted by Gasteiger charge is 2.21. The second kappa shape index (κ2) is 7.58. The van der Waals surface area contributed by atoms with Gasteiger partial charge in [0.1, 0.15) is 0 Å². The SMILES string of the molecule is CC(C)(C)C1=CCN(CCCOC2CCNCC2)CC1. The summed E-state index contributed by atoms with van der Waals surface area (Å²) in [5, 5.41) is 3.38. The lowest BCUT2D eigenvalue weighted by Crippen LogP contribution is -2.34. The van der Waals surface area contributed by atoms with Gasteiger partial charge in [-0.15, -0.1) is 0 Å². The first-order valence-corrected chi connectivity index (χ1v) is 8.30. The number of nitrogens with zero attached hydrogens (tertiary/aromatic N) is 1. The molecule has 0 aromatic carbocycles. The Balaban J connectivity index is 1.58. The van der Waals surface area contributed by atoms with Crippen LogP contribution in [-0.4, -0.2) is 50.3 Å². The third kappa shape index (κ3) is 5.19. The van der Waals surface area contributed by atoms with Crippen LogP contribution in [0.4, 0.5) is 0 Å². The Morgan fingerprint density at radius 2 is 2.05 bits per heavy atom. The first kappa shape index (κ1) is 16.0. The van der Waals surface area contributed by atoms with E-state index in [1.54, 1.807) is 5.57 Å². The highest BCUT2D eigenvalue weighted by atomic mass is 16.5. The summed E-state index contributed by atoms with van der Waals surface area (Å²) in [6.45, 7) is 13.7. The molecule has 0 atom stereocenters. The summed E-state index contributed by atoms with van der Waals surface area (Å²) in [5.41, 5.74) is 1.98. The van der Waals surface area contributed by atoms with Gasteiger partial charge < -0.3 is 10.1 Å². The zero-order valence-corrected chi connectivity index (χ0v) is 13.6. The van der Waals surface area contributed by atoms with Crippen LogP contribution in [-0.2, 0) is 4.74 Å². The summed E-state index contributed by atoms with van der Waals surface area (Å²) in [4.78, 5) is 2.56. The molecular formula is C17H32N2O.